The topological polar surface area (TPSA) is 80.3 Å². The van der Waals surface area contributed by atoms with Crippen LogP contribution < -0.4 is 4.72 Å². The molecule has 0 heterocycles. The largest absolute Gasteiger partial charge is 0.416 e. The molecule has 0 aliphatic rings. The molecule has 31 heavy (non-hydrogen) atoms. The van der Waals surface area contributed by atoms with E-state index in [-0.39, 0.29) is 5.56 Å². The van der Waals surface area contributed by atoms with E-state index in [0.29, 0.717) is 11.6 Å². The van der Waals surface area contributed by atoms with Gasteiger partial charge in [-0.25, -0.2) is 8.42 Å². The molecular weight excluding hydrogens is 431 g/mol. The zero-order valence-electron chi connectivity index (χ0n) is 17.1. The van der Waals surface area contributed by atoms with Gasteiger partial charge in [-0.05, 0) is 50.6 Å². The lowest BCUT2D eigenvalue weighted by molar-refractivity contribution is -0.137. The molecule has 9 heteroatoms. The molecule has 0 spiro atoms. The first-order chi connectivity index (χ1) is 14.2. The molecule has 166 valence electrons. The van der Waals surface area contributed by atoms with Crippen LogP contribution in [0.4, 0.5) is 13.2 Å². The first-order valence-electron chi connectivity index (χ1n) is 9.23. The Morgan fingerprint density at radius 2 is 1.55 bits per heavy atom. The minimum Gasteiger partial charge on any atom is -0.293 e. The Morgan fingerprint density at radius 1 is 0.935 bits per heavy atom. The summed E-state index contributed by atoms with van der Waals surface area (Å²) in [5.74, 6) is -1.55. The number of carbonyl (C=O) groups is 2. The fourth-order valence-corrected chi connectivity index (χ4v) is 3.38. The van der Waals surface area contributed by atoms with Crippen molar-refractivity contribution in [1.29, 1.82) is 0 Å². The lowest BCUT2D eigenvalue weighted by Crippen LogP contribution is -2.43. The number of alkyl halides is 3. The Kier molecular flexibility index (Phi) is 7.23. The van der Waals surface area contributed by atoms with E-state index in [0.717, 1.165) is 24.3 Å². The van der Waals surface area contributed by atoms with Crippen LogP contribution in [0.3, 0.4) is 0 Å². The monoisotopic (exact) mass is 453 g/mol. The van der Waals surface area contributed by atoms with Crippen molar-refractivity contribution < 1.29 is 31.2 Å². The van der Waals surface area contributed by atoms with Crippen LogP contribution in [0.1, 0.15) is 48.3 Å². The molecule has 0 aromatic heterocycles. The summed E-state index contributed by atoms with van der Waals surface area (Å²) in [5, 5.41) is 0. The van der Waals surface area contributed by atoms with Gasteiger partial charge < -0.3 is 0 Å². The SMILES string of the molecule is CC(C)(C)S(=O)(=O)NC(C(=O)/C=C\C(=O)c1cccc(C(F)(F)F)c1)c1ccccc1. The van der Waals surface area contributed by atoms with Crippen LogP contribution >= 0.6 is 0 Å². The Balaban J connectivity index is 2.32. The first-order valence-corrected chi connectivity index (χ1v) is 10.7. The zero-order valence-corrected chi connectivity index (χ0v) is 17.9. The summed E-state index contributed by atoms with van der Waals surface area (Å²) in [5.41, 5.74) is -0.875. The van der Waals surface area contributed by atoms with Crippen molar-refractivity contribution in [2.75, 3.05) is 0 Å². The maximum Gasteiger partial charge on any atom is 0.416 e. The van der Waals surface area contributed by atoms with Crippen molar-refractivity contribution in [2.45, 2.75) is 37.7 Å². The lowest BCUT2D eigenvalue weighted by Gasteiger charge is -2.24. The maximum atomic E-state index is 12.8. The highest BCUT2D eigenvalue weighted by Crippen LogP contribution is 2.29. The van der Waals surface area contributed by atoms with E-state index in [2.05, 4.69) is 4.72 Å². The fraction of sp³-hybridized carbons (Fsp3) is 0.273. The van der Waals surface area contributed by atoms with Gasteiger partial charge in [-0.3, -0.25) is 9.59 Å². The van der Waals surface area contributed by atoms with Crippen LogP contribution in [0, 0.1) is 0 Å². The van der Waals surface area contributed by atoms with Gasteiger partial charge in [0.15, 0.2) is 11.6 Å². The van der Waals surface area contributed by atoms with Gasteiger partial charge in [-0.1, -0.05) is 42.5 Å². The third-order valence-electron chi connectivity index (χ3n) is 4.37. The molecule has 0 bridgehead atoms. The van der Waals surface area contributed by atoms with Gasteiger partial charge in [0.25, 0.3) is 0 Å². The predicted molar refractivity (Wildman–Crippen MR) is 111 cm³/mol. The highest BCUT2D eigenvalue weighted by molar-refractivity contribution is 7.90. The number of carbonyl (C=O) groups excluding carboxylic acids is 2. The minimum absolute atomic E-state index is 0.245. The Morgan fingerprint density at radius 3 is 2.10 bits per heavy atom. The van der Waals surface area contributed by atoms with Crippen LogP contribution in [-0.2, 0) is 21.0 Å². The second-order valence-corrected chi connectivity index (χ2v) is 10.2. The predicted octanol–water partition coefficient (Wildman–Crippen LogP) is 4.47. The van der Waals surface area contributed by atoms with Crippen LogP contribution in [0.25, 0.3) is 0 Å². The fourth-order valence-electron chi connectivity index (χ4n) is 2.47. The van der Waals surface area contributed by atoms with Gasteiger partial charge >= 0.3 is 6.18 Å². The number of rotatable bonds is 7. The van der Waals surface area contributed by atoms with Gasteiger partial charge in [-0.15, -0.1) is 0 Å². The third kappa shape index (κ3) is 6.35. The number of halogens is 3. The number of ketones is 2. The van der Waals surface area contributed by atoms with Crippen molar-refractivity contribution in [3.63, 3.8) is 0 Å². The summed E-state index contributed by atoms with van der Waals surface area (Å²) in [6, 6.07) is 10.6. The van der Waals surface area contributed by atoms with Crippen LogP contribution in [0.15, 0.2) is 66.7 Å². The summed E-state index contributed by atoms with van der Waals surface area (Å²) in [7, 11) is -3.92. The standard InChI is InChI=1S/C22H22F3NO4S/c1-21(2,3)31(29,30)26-20(15-8-5-4-6-9-15)19(28)13-12-18(27)16-10-7-11-17(14-16)22(23,24)25/h4-14,20,26H,1-3H3/b13-12-. The summed E-state index contributed by atoms with van der Waals surface area (Å²) in [6.45, 7) is 4.40. The molecule has 1 N–H and O–H groups in total. The number of nitrogens with one attached hydrogen (secondary N) is 1. The molecule has 2 rings (SSSR count). The Hall–Kier alpha value is -2.78. The second-order valence-electron chi connectivity index (χ2n) is 7.76. The molecular formula is C22H22F3NO4S. The average molecular weight is 453 g/mol. The van der Waals surface area contributed by atoms with Crippen molar-refractivity contribution in [3.8, 4) is 0 Å². The zero-order chi connectivity index (χ0) is 23.4. The van der Waals surface area contributed by atoms with Crippen molar-refractivity contribution in [3.05, 3.63) is 83.4 Å². The number of hydrogen-bond donors (Lipinski definition) is 1. The third-order valence-corrected chi connectivity index (χ3v) is 6.53. The van der Waals surface area contributed by atoms with Gasteiger partial charge in [0.2, 0.25) is 10.0 Å². The van der Waals surface area contributed by atoms with E-state index < -0.39 is 44.1 Å². The molecule has 0 aliphatic heterocycles. The van der Waals surface area contributed by atoms with Crippen LogP contribution in [0.2, 0.25) is 0 Å². The van der Waals surface area contributed by atoms with Gasteiger partial charge in [0.05, 0.1) is 10.3 Å². The molecule has 0 radical (unpaired) electrons. The molecule has 2 aromatic rings. The molecule has 0 aliphatic carbocycles. The summed E-state index contributed by atoms with van der Waals surface area (Å²) >= 11 is 0. The summed E-state index contributed by atoms with van der Waals surface area (Å²) < 4.78 is 64.8. The van der Waals surface area contributed by atoms with E-state index >= 15 is 0 Å². The molecule has 1 atom stereocenters. The first kappa shape index (κ1) is 24.5. The number of benzene rings is 2. The number of sulfonamides is 1. The highest BCUT2D eigenvalue weighted by atomic mass is 32.2. The number of allylic oxidation sites excluding steroid dienone is 1. The summed E-state index contributed by atoms with van der Waals surface area (Å²) in [4.78, 5) is 25.1. The smallest absolute Gasteiger partial charge is 0.293 e. The maximum absolute atomic E-state index is 12.8. The van der Waals surface area contributed by atoms with Crippen molar-refractivity contribution in [1.82, 2.24) is 4.72 Å². The highest BCUT2D eigenvalue weighted by Gasteiger charge is 2.34. The molecule has 0 saturated carbocycles. The van der Waals surface area contributed by atoms with E-state index in [1.807, 2.05) is 0 Å². The molecule has 0 fully saturated rings. The van der Waals surface area contributed by atoms with Gasteiger partial charge in [0.1, 0.15) is 6.04 Å². The molecule has 0 amide bonds. The van der Waals surface area contributed by atoms with Crippen LogP contribution in [0.5, 0.6) is 0 Å². The van der Waals surface area contributed by atoms with Gasteiger partial charge in [-0.2, -0.15) is 17.9 Å². The van der Waals surface area contributed by atoms with E-state index in [1.165, 1.54) is 26.8 Å². The van der Waals surface area contributed by atoms with Crippen molar-refractivity contribution in [2.24, 2.45) is 0 Å². The second kappa shape index (κ2) is 9.15. The average Bonchev–Trinajstić information content (AvgIpc) is 2.69. The molecule has 0 saturated heterocycles. The normalized spacial score (nSPS) is 13.9. The van der Waals surface area contributed by atoms with E-state index in [9.17, 15) is 31.2 Å². The number of hydrogen-bond acceptors (Lipinski definition) is 4. The lowest BCUT2D eigenvalue weighted by atomic mass is 10.0. The minimum atomic E-state index is -4.61. The molecule has 2 aromatic carbocycles. The van der Waals surface area contributed by atoms with E-state index in [4.69, 9.17) is 0 Å². The van der Waals surface area contributed by atoms with Gasteiger partial charge in [0, 0.05) is 5.56 Å². The quantitative estimate of drug-likeness (QED) is 0.495. The van der Waals surface area contributed by atoms with Crippen molar-refractivity contribution >= 4 is 21.6 Å². The Labute approximate surface area is 179 Å². The Bertz CT molecular complexity index is 1090. The molecule has 1 unspecified atom stereocenters. The molecule has 5 nitrogen and oxygen atoms in total. The van der Waals surface area contributed by atoms with Crippen LogP contribution in [-0.4, -0.2) is 24.7 Å². The summed E-state index contributed by atoms with van der Waals surface area (Å²) in [6.07, 6.45) is -2.91. The van der Waals surface area contributed by atoms with E-state index in [1.54, 1.807) is 30.3 Å².